The average Bonchev–Trinajstić information content (AvgIpc) is 3.14. The molecular weight excluding hydrogens is 342 g/mol. The number of carbonyl (C=O) groups is 2. The molecule has 1 fully saturated rings. The Hall–Kier alpha value is -2.63. The third kappa shape index (κ3) is 4.04. The van der Waals surface area contributed by atoms with Crippen molar-refractivity contribution in [1.29, 1.82) is 0 Å². The molecule has 1 aromatic heterocycles. The number of benzene rings is 1. The Labute approximate surface area is 159 Å². The van der Waals surface area contributed by atoms with E-state index >= 15 is 0 Å². The molecule has 3 rings (SSSR count). The van der Waals surface area contributed by atoms with E-state index in [1.165, 1.54) is 0 Å². The van der Waals surface area contributed by atoms with Crippen molar-refractivity contribution in [1.82, 2.24) is 15.4 Å². The summed E-state index contributed by atoms with van der Waals surface area (Å²) in [6.07, 6.45) is 1.75. The first-order valence-corrected chi connectivity index (χ1v) is 9.62. The number of hydrogen-bond acceptors (Lipinski definition) is 4. The molecule has 144 valence electrons. The van der Waals surface area contributed by atoms with Crippen molar-refractivity contribution < 1.29 is 14.1 Å². The maximum absolute atomic E-state index is 13.0. The van der Waals surface area contributed by atoms with E-state index in [0.29, 0.717) is 31.7 Å². The number of carbonyl (C=O) groups excluding carboxylic acids is 2. The topological polar surface area (TPSA) is 75.4 Å². The smallest absolute Gasteiger partial charge is 0.225 e. The van der Waals surface area contributed by atoms with Crippen LogP contribution in [0.1, 0.15) is 55.3 Å². The molecule has 2 atom stereocenters. The number of aromatic nitrogens is 1. The molecule has 1 N–H and O–H groups in total. The van der Waals surface area contributed by atoms with E-state index in [2.05, 4.69) is 10.5 Å². The van der Waals surface area contributed by atoms with Gasteiger partial charge in [0.25, 0.3) is 0 Å². The van der Waals surface area contributed by atoms with E-state index in [4.69, 9.17) is 4.52 Å². The number of piperidine rings is 1. The minimum absolute atomic E-state index is 0.0522. The molecule has 2 aromatic rings. The second-order valence-corrected chi connectivity index (χ2v) is 6.98. The molecule has 0 saturated carbocycles. The van der Waals surface area contributed by atoms with Crippen molar-refractivity contribution in [2.24, 2.45) is 5.92 Å². The normalized spacial score (nSPS) is 20.0. The molecular formula is C21H27N3O3. The van der Waals surface area contributed by atoms with Crippen molar-refractivity contribution in [3.8, 4) is 0 Å². The Morgan fingerprint density at radius 1 is 1.33 bits per heavy atom. The Balaban J connectivity index is 1.81. The maximum Gasteiger partial charge on any atom is 0.225 e. The largest absolute Gasteiger partial charge is 0.359 e. The van der Waals surface area contributed by atoms with Gasteiger partial charge in [-0.25, -0.2) is 0 Å². The summed E-state index contributed by atoms with van der Waals surface area (Å²) in [6.45, 7) is 6.89. The van der Waals surface area contributed by atoms with E-state index < -0.39 is 0 Å². The highest BCUT2D eigenvalue weighted by Gasteiger charge is 2.40. The lowest BCUT2D eigenvalue weighted by Gasteiger charge is -2.41. The maximum atomic E-state index is 13.0. The number of aryl methyl sites for hydroxylation is 2. The SMILES string of the molecule is CCc1cc(CNC(=O)[C@@H]2CCC(=O)N(CC)[C@H]2c2ccccc2C)on1. The first kappa shape index (κ1) is 19.1. The minimum Gasteiger partial charge on any atom is -0.359 e. The molecule has 1 aromatic carbocycles. The summed E-state index contributed by atoms with van der Waals surface area (Å²) in [7, 11) is 0. The first-order valence-electron chi connectivity index (χ1n) is 9.62. The van der Waals surface area contributed by atoms with Crippen LogP contribution in [0.5, 0.6) is 0 Å². The molecule has 0 bridgehead atoms. The summed E-state index contributed by atoms with van der Waals surface area (Å²) in [5.41, 5.74) is 3.01. The van der Waals surface area contributed by atoms with Gasteiger partial charge in [-0.3, -0.25) is 9.59 Å². The highest BCUT2D eigenvalue weighted by atomic mass is 16.5. The van der Waals surface area contributed by atoms with Crippen LogP contribution in [0.15, 0.2) is 34.9 Å². The summed E-state index contributed by atoms with van der Waals surface area (Å²) in [5.74, 6) is 0.422. The number of rotatable bonds is 6. The van der Waals surface area contributed by atoms with Crippen LogP contribution in [0.25, 0.3) is 0 Å². The molecule has 0 aliphatic carbocycles. The zero-order valence-electron chi connectivity index (χ0n) is 16.2. The van der Waals surface area contributed by atoms with E-state index in [9.17, 15) is 9.59 Å². The average molecular weight is 369 g/mol. The van der Waals surface area contributed by atoms with E-state index in [1.807, 2.05) is 56.0 Å². The van der Waals surface area contributed by atoms with Crippen LogP contribution in [0.4, 0.5) is 0 Å². The zero-order chi connectivity index (χ0) is 19.4. The first-order chi connectivity index (χ1) is 13.0. The van der Waals surface area contributed by atoms with Gasteiger partial charge < -0.3 is 14.7 Å². The molecule has 6 nitrogen and oxygen atoms in total. The lowest BCUT2D eigenvalue weighted by Crippen LogP contribution is -2.48. The number of amides is 2. The van der Waals surface area contributed by atoms with Crippen LogP contribution in [-0.2, 0) is 22.6 Å². The molecule has 2 heterocycles. The molecule has 1 aliphatic heterocycles. The second-order valence-electron chi connectivity index (χ2n) is 6.98. The lowest BCUT2D eigenvalue weighted by atomic mass is 9.82. The van der Waals surface area contributed by atoms with Gasteiger partial charge in [-0.2, -0.15) is 0 Å². The number of likely N-dealkylation sites (tertiary alicyclic amines) is 1. The van der Waals surface area contributed by atoms with Gasteiger partial charge in [0.1, 0.15) is 0 Å². The molecule has 27 heavy (non-hydrogen) atoms. The predicted octanol–water partition coefficient (Wildman–Crippen LogP) is 3.16. The fraction of sp³-hybridized carbons (Fsp3) is 0.476. The van der Waals surface area contributed by atoms with Gasteiger partial charge in [0.05, 0.1) is 24.2 Å². The minimum atomic E-state index is -0.280. The fourth-order valence-corrected chi connectivity index (χ4v) is 3.81. The Morgan fingerprint density at radius 2 is 2.11 bits per heavy atom. The standard InChI is InChI=1S/C21H27N3O3/c1-4-15-12-16(27-23-15)13-22-21(26)18-10-11-19(25)24(5-2)20(18)17-9-7-6-8-14(17)3/h6-9,12,18,20H,4-5,10-11,13H2,1-3H3,(H,22,26)/t18-,20+/m1/s1. The fourth-order valence-electron chi connectivity index (χ4n) is 3.81. The quantitative estimate of drug-likeness (QED) is 0.849. The Morgan fingerprint density at radius 3 is 2.78 bits per heavy atom. The van der Waals surface area contributed by atoms with Crippen LogP contribution >= 0.6 is 0 Å². The summed E-state index contributed by atoms with van der Waals surface area (Å²) < 4.78 is 5.25. The van der Waals surface area contributed by atoms with Gasteiger partial charge in [0.15, 0.2) is 5.76 Å². The van der Waals surface area contributed by atoms with Crippen molar-refractivity contribution in [2.45, 2.75) is 52.6 Å². The van der Waals surface area contributed by atoms with Crippen molar-refractivity contribution in [3.63, 3.8) is 0 Å². The van der Waals surface area contributed by atoms with Crippen molar-refractivity contribution >= 4 is 11.8 Å². The van der Waals surface area contributed by atoms with E-state index in [0.717, 1.165) is 23.2 Å². The van der Waals surface area contributed by atoms with Crippen molar-refractivity contribution in [3.05, 3.63) is 52.9 Å². The zero-order valence-corrected chi connectivity index (χ0v) is 16.2. The lowest BCUT2D eigenvalue weighted by molar-refractivity contribution is -0.143. The van der Waals surface area contributed by atoms with Crippen LogP contribution in [0, 0.1) is 12.8 Å². The van der Waals surface area contributed by atoms with Gasteiger partial charge in [-0.15, -0.1) is 0 Å². The van der Waals surface area contributed by atoms with Gasteiger partial charge in [0.2, 0.25) is 11.8 Å². The molecule has 0 radical (unpaired) electrons. The van der Waals surface area contributed by atoms with E-state index in [1.54, 1.807) is 0 Å². The summed E-state index contributed by atoms with van der Waals surface area (Å²) in [5, 5.41) is 6.93. The predicted molar refractivity (Wildman–Crippen MR) is 102 cm³/mol. The Bertz CT molecular complexity index is 815. The van der Waals surface area contributed by atoms with Crippen LogP contribution in [0.2, 0.25) is 0 Å². The van der Waals surface area contributed by atoms with Crippen LogP contribution in [-0.4, -0.2) is 28.4 Å². The molecule has 1 aliphatic rings. The van der Waals surface area contributed by atoms with Gasteiger partial charge in [-0.1, -0.05) is 36.3 Å². The summed E-state index contributed by atoms with van der Waals surface area (Å²) >= 11 is 0. The van der Waals surface area contributed by atoms with Crippen LogP contribution in [0.3, 0.4) is 0 Å². The Kier molecular flexibility index (Phi) is 5.94. The number of nitrogens with one attached hydrogen (secondary N) is 1. The van der Waals surface area contributed by atoms with Crippen LogP contribution < -0.4 is 5.32 Å². The molecule has 0 unspecified atom stereocenters. The molecule has 2 amide bonds. The molecule has 6 heteroatoms. The van der Waals surface area contributed by atoms with Gasteiger partial charge in [0, 0.05) is 19.0 Å². The number of nitrogens with zero attached hydrogens (tertiary/aromatic N) is 2. The highest BCUT2D eigenvalue weighted by Crippen LogP contribution is 2.38. The van der Waals surface area contributed by atoms with Crippen molar-refractivity contribution in [2.75, 3.05) is 6.54 Å². The monoisotopic (exact) mass is 369 g/mol. The van der Waals surface area contributed by atoms with E-state index in [-0.39, 0.29) is 23.8 Å². The third-order valence-corrected chi connectivity index (χ3v) is 5.30. The summed E-state index contributed by atoms with van der Waals surface area (Å²) in [6, 6.07) is 9.61. The molecule has 1 saturated heterocycles. The van der Waals surface area contributed by atoms with Gasteiger partial charge in [-0.05, 0) is 37.8 Å². The second kappa shape index (κ2) is 8.37. The summed E-state index contributed by atoms with van der Waals surface area (Å²) in [4.78, 5) is 27.3. The third-order valence-electron chi connectivity index (χ3n) is 5.30. The number of hydrogen-bond donors (Lipinski definition) is 1. The molecule has 0 spiro atoms. The highest BCUT2D eigenvalue weighted by molar-refractivity contribution is 5.85. The van der Waals surface area contributed by atoms with Gasteiger partial charge >= 0.3 is 0 Å².